The van der Waals surface area contributed by atoms with Crippen LogP contribution in [0.2, 0.25) is 0 Å². The molecule has 1 aromatic carbocycles. The van der Waals surface area contributed by atoms with Crippen LogP contribution in [0.25, 0.3) is 0 Å². The van der Waals surface area contributed by atoms with Crippen molar-refractivity contribution in [3.63, 3.8) is 0 Å². The highest BCUT2D eigenvalue weighted by atomic mass is 16.6. The molecule has 0 saturated heterocycles. The Labute approximate surface area is 104 Å². The van der Waals surface area contributed by atoms with Crippen LogP contribution in [0, 0.1) is 10.1 Å². The summed E-state index contributed by atoms with van der Waals surface area (Å²) < 4.78 is 0. The van der Waals surface area contributed by atoms with E-state index in [1.54, 1.807) is 0 Å². The van der Waals surface area contributed by atoms with Crippen molar-refractivity contribution in [3.05, 3.63) is 39.9 Å². The zero-order valence-corrected chi connectivity index (χ0v) is 9.69. The van der Waals surface area contributed by atoms with E-state index < -0.39 is 17.1 Å². The molecule has 0 bridgehead atoms. The molecule has 100 valence electrons. The van der Waals surface area contributed by atoms with Gasteiger partial charge in [-0.15, -0.1) is 0 Å². The molecule has 0 saturated carbocycles. The highest BCUT2D eigenvalue weighted by molar-refractivity contribution is 5.33. The minimum absolute atomic E-state index is 0.0328. The number of nitrogens with zero attached hydrogens (tertiary/aromatic N) is 1. The van der Waals surface area contributed by atoms with Gasteiger partial charge in [-0.2, -0.15) is 0 Å². The van der Waals surface area contributed by atoms with Gasteiger partial charge in [-0.3, -0.25) is 10.1 Å². The Bertz CT molecular complexity index is 382. The van der Waals surface area contributed by atoms with Crippen molar-refractivity contribution >= 4 is 5.69 Å². The van der Waals surface area contributed by atoms with E-state index in [0.29, 0.717) is 5.56 Å². The van der Waals surface area contributed by atoms with Crippen LogP contribution in [0.5, 0.6) is 0 Å². The lowest BCUT2D eigenvalue weighted by molar-refractivity contribution is -0.384. The highest BCUT2D eigenvalue weighted by Crippen LogP contribution is 2.17. The van der Waals surface area contributed by atoms with E-state index in [0.717, 1.165) is 0 Å². The molecule has 0 aliphatic rings. The van der Waals surface area contributed by atoms with Crippen molar-refractivity contribution in [1.29, 1.82) is 0 Å². The Morgan fingerprint density at radius 2 is 1.83 bits per heavy atom. The molecule has 0 heterocycles. The molecule has 0 fully saturated rings. The number of aliphatic hydroxyl groups excluding tert-OH is 3. The van der Waals surface area contributed by atoms with E-state index in [2.05, 4.69) is 5.32 Å². The summed E-state index contributed by atoms with van der Waals surface area (Å²) in [6.07, 6.45) is -1.69. The van der Waals surface area contributed by atoms with Crippen LogP contribution in [-0.4, -0.2) is 46.0 Å². The molecule has 0 radical (unpaired) electrons. The molecule has 0 spiro atoms. The van der Waals surface area contributed by atoms with Gasteiger partial charge in [0.25, 0.3) is 5.69 Å². The summed E-state index contributed by atoms with van der Waals surface area (Å²) in [6, 6.07) is 5.60. The molecule has 1 rings (SSSR count). The van der Waals surface area contributed by atoms with Gasteiger partial charge in [0.1, 0.15) is 0 Å². The first-order valence-electron chi connectivity index (χ1n) is 5.46. The highest BCUT2D eigenvalue weighted by Gasteiger charge is 2.10. The molecular formula is C11H16N2O5. The number of hydrogen-bond acceptors (Lipinski definition) is 6. The molecule has 0 aliphatic heterocycles. The lowest BCUT2D eigenvalue weighted by Crippen LogP contribution is -2.32. The minimum atomic E-state index is -0.867. The fourth-order valence-corrected chi connectivity index (χ4v) is 1.39. The Hall–Kier alpha value is -1.54. The smallest absolute Gasteiger partial charge is 0.269 e. The van der Waals surface area contributed by atoms with E-state index in [9.17, 15) is 15.2 Å². The number of non-ortho nitro benzene ring substituents is 1. The zero-order valence-electron chi connectivity index (χ0n) is 9.69. The van der Waals surface area contributed by atoms with Gasteiger partial charge in [0.15, 0.2) is 0 Å². The van der Waals surface area contributed by atoms with Gasteiger partial charge in [-0.1, -0.05) is 0 Å². The molecule has 18 heavy (non-hydrogen) atoms. The molecule has 7 heteroatoms. The van der Waals surface area contributed by atoms with Crippen LogP contribution in [0.15, 0.2) is 24.3 Å². The predicted molar refractivity (Wildman–Crippen MR) is 64.0 cm³/mol. The third-order valence-corrected chi connectivity index (χ3v) is 2.42. The molecular weight excluding hydrogens is 240 g/mol. The van der Waals surface area contributed by atoms with Gasteiger partial charge in [0, 0.05) is 25.2 Å². The van der Waals surface area contributed by atoms with E-state index in [-0.39, 0.29) is 25.4 Å². The third kappa shape index (κ3) is 4.38. The molecule has 0 aliphatic carbocycles. The largest absolute Gasteiger partial charge is 0.394 e. The first kappa shape index (κ1) is 14.5. The summed E-state index contributed by atoms with van der Waals surface area (Å²) in [6.45, 7) is 0.00996. The molecule has 4 N–H and O–H groups in total. The maximum absolute atomic E-state index is 10.4. The Kier molecular flexibility index (Phi) is 5.66. The van der Waals surface area contributed by atoms with E-state index in [1.165, 1.54) is 24.3 Å². The van der Waals surface area contributed by atoms with Crippen LogP contribution >= 0.6 is 0 Å². The number of hydrogen-bond donors (Lipinski definition) is 4. The van der Waals surface area contributed by atoms with Crippen molar-refractivity contribution in [1.82, 2.24) is 5.32 Å². The number of nitro benzene ring substituents is 1. The molecule has 1 aromatic rings. The quantitative estimate of drug-likeness (QED) is 0.388. The van der Waals surface area contributed by atoms with Crippen molar-refractivity contribution in [2.75, 3.05) is 19.7 Å². The van der Waals surface area contributed by atoms with Crippen LogP contribution in [0.1, 0.15) is 11.7 Å². The third-order valence-electron chi connectivity index (χ3n) is 2.42. The normalized spacial score (nSPS) is 14.2. The molecule has 0 aromatic heterocycles. The maximum Gasteiger partial charge on any atom is 0.269 e. The topological polar surface area (TPSA) is 116 Å². The number of aliphatic hydroxyl groups is 3. The number of benzene rings is 1. The van der Waals surface area contributed by atoms with Crippen molar-refractivity contribution in [3.8, 4) is 0 Å². The first-order chi connectivity index (χ1) is 8.54. The van der Waals surface area contributed by atoms with Gasteiger partial charge >= 0.3 is 0 Å². The van der Waals surface area contributed by atoms with Crippen LogP contribution in [0.4, 0.5) is 5.69 Å². The van der Waals surface area contributed by atoms with Crippen LogP contribution in [-0.2, 0) is 0 Å². The molecule has 7 nitrogen and oxygen atoms in total. The summed E-state index contributed by atoms with van der Waals surface area (Å²) in [4.78, 5) is 9.93. The van der Waals surface area contributed by atoms with Gasteiger partial charge in [-0.25, -0.2) is 0 Å². The molecule has 0 unspecified atom stereocenters. The minimum Gasteiger partial charge on any atom is -0.394 e. The fourth-order valence-electron chi connectivity index (χ4n) is 1.39. The Morgan fingerprint density at radius 1 is 1.22 bits per heavy atom. The predicted octanol–water partition coefficient (Wildman–Crippen LogP) is -0.429. The average molecular weight is 256 g/mol. The van der Waals surface area contributed by atoms with E-state index in [1.807, 2.05) is 0 Å². The van der Waals surface area contributed by atoms with E-state index >= 15 is 0 Å². The second kappa shape index (κ2) is 7.02. The van der Waals surface area contributed by atoms with Crippen molar-refractivity contribution < 1.29 is 20.2 Å². The fraction of sp³-hybridized carbons (Fsp3) is 0.455. The second-order valence-corrected chi connectivity index (χ2v) is 3.86. The average Bonchev–Trinajstić information content (AvgIpc) is 2.38. The summed E-state index contributed by atoms with van der Waals surface area (Å²) in [7, 11) is 0. The SMILES string of the molecule is O=[N+]([O-])c1ccc([C@H](O)CNC[C@@H](O)CO)cc1. The number of nitrogens with one attached hydrogen (secondary N) is 1. The summed E-state index contributed by atoms with van der Waals surface area (Å²) in [5.74, 6) is 0. The van der Waals surface area contributed by atoms with E-state index in [4.69, 9.17) is 10.2 Å². The monoisotopic (exact) mass is 256 g/mol. The van der Waals surface area contributed by atoms with Crippen LogP contribution < -0.4 is 5.32 Å². The molecule has 2 atom stereocenters. The Balaban J connectivity index is 2.46. The van der Waals surface area contributed by atoms with Gasteiger partial charge in [-0.05, 0) is 17.7 Å². The lowest BCUT2D eigenvalue weighted by atomic mass is 10.1. The maximum atomic E-state index is 10.4. The van der Waals surface area contributed by atoms with Gasteiger partial charge in [0.2, 0.25) is 0 Å². The second-order valence-electron chi connectivity index (χ2n) is 3.86. The summed E-state index contributed by atoms with van der Waals surface area (Å²) in [5.41, 5.74) is 0.515. The lowest BCUT2D eigenvalue weighted by Gasteiger charge is -2.13. The summed E-state index contributed by atoms with van der Waals surface area (Å²) in [5, 5.41) is 40.6. The summed E-state index contributed by atoms with van der Waals surface area (Å²) >= 11 is 0. The standard InChI is InChI=1S/C11H16N2O5/c14-7-10(15)5-12-6-11(16)8-1-3-9(4-2-8)13(17)18/h1-4,10-12,14-16H,5-7H2/t10-,11-/m1/s1. The Morgan fingerprint density at radius 3 is 2.33 bits per heavy atom. The van der Waals surface area contributed by atoms with Gasteiger partial charge < -0.3 is 20.6 Å². The number of nitro groups is 1. The van der Waals surface area contributed by atoms with Crippen molar-refractivity contribution in [2.45, 2.75) is 12.2 Å². The van der Waals surface area contributed by atoms with Crippen molar-refractivity contribution in [2.24, 2.45) is 0 Å². The first-order valence-corrected chi connectivity index (χ1v) is 5.46. The van der Waals surface area contributed by atoms with Crippen LogP contribution in [0.3, 0.4) is 0 Å². The molecule has 0 amide bonds. The zero-order chi connectivity index (χ0) is 13.5. The van der Waals surface area contributed by atoms with Gasteiger partial charge in [0.05, 0.1) is 23.7 Å². The number of rotatable bonds is 7.